The number of benzene rings is 1. The second-order valence-corrected chi connectivity index (χ2v) is 5.04. The highest BCUT2D eigenvalue weighted by molar-refractivity contribution is 14.1. The van der Waals surface area contributed by atoms with Crippen molar-refractivity contribution in [2.24, 2.45) is 5.73 Å². The first-order chi connectivity index (χ1) is 8.51. The number of halogens is 2. The van der Waals surface area contributed by atoms with Crippen molar-refractivity contribution < 1.29 is 18.7 Å². The highest BCUT2D eigenvalue weighted by Crippen LogP contribution is 2.38. The van der Waals surface area contributed by atoms with Crippen LogP contribution in [0, 0.1) is 5.82 Å². The van der Waals surface area contributed by atoms with E-state index >= 15 is 0 Å². The maximum atomic E-state index is 13.5. The van der Waals surface area contributed by atoms with Crippen LogP contribution in [0.1, 0.15) is 24.2 Å². The standard InChI is InChI=1S/C12H13FINO3/c1-6(17-12(15)16)10-4-8(13)2-7-3-9(5-14)18-11(7)10/h2,4,6,9H,3,5H2,1H3,(H2,15,16). The van der Waals surface area contributed by atoms with Crippen LogP contribution in [-0.2, 0) is 11.2 Å². The summed E-state index contributed by atoms with van der Waals surface area (Å²) >= 11 is 2.22. The monoisotopic (exact) mass is 365 g/mol. The Bertz CT molecular complexity index is 481. The lowest BCUT2D eigenvalue weighted by Gasteiger charge is -2.16. The smallest absolute Gasteiger partial charge is 0.405 e. The second-order valence-electron chi connectivity index (χ2n) is 4.16. The lowest BCUT2D eigenvalue weighted by molar-refractivity contribution is 0.114. The van der Waals surface area contributed by atoms with Crippen molar-refractivity contribution >= 4 is 28.7 Å². The number of nitrogens with two attached hydrogens (primary N) is 1. The van der Waals surface area contributed by atoms with Gasteiger partial charge in [-0.25, -0.2) is 9.18 Å². The number of fused-ring (bicyclic) bond motifs is 1. The Morgan fingerprint density at radius 3 is 3.06 bits per heavy atom. The fraction of sp³-hybridized carbons (Fsp3) is 0.417. The molecule has 0 aromatic heterocycles. The van der Waals surface area contributed by atoms with Crippen LogP contribution in [0.15, 0.2) is 12.1 Å². The van der Waals surface area contributed by atoms with Gasteiger partial charge in [0.05, 0.1) is 0 Å². The SMILES string of the molecule is CC(OC(N)=O)c1cc(F)cc2c1OC(CI)C2. The van der Waals surface area contributed by atoms with Crippen LogP contribution >= 0.6 is 22.6 Å². The highest BCUT2D eigenvalue weighted by Gasteiger charge is 2.28. The predicted molar refractivity (Wildman–Crippen MR) is 72.5 cm³/mol. The third-order valence-electron chi connectivity index (χ3n) is 2.79. The molecule has 98 valence electrons. The molecule has 0 spiro atoms. The Morgan fingerprint density at radius 2 is 2.44 bits per heavy atom. The van der Waals surface area contributed by atoms with Gasteiger partial charge in [0, 0.05) is 22.0 Å². The summed E-state index contributed by atoms with van der Waals surface area (Å²) in [6.07, 6.45) is -0.794. The Balaban J connectivity index is 2.34. The molecule has 4 nitrogen and oxygen atoms in total. The van der Waals surface area contributed by atoms with Gasteiger partial charge in [0.15, 0.2) is 0 Å². The number of rotatable bonds is 3. The predicted octanol–water partition coefficient (Wildman–Crippen LogP) is 2.72. The number of carbonyl (C=O) groups excluding carboxylic acids is 1. The molecule has 0 fully saturated rings. The van der Waals surface area contributed by atoms with Crippen molar-refractivity contribution in [2.75, 3.05) is 4.43 Å². The maximum absolute atomic E-state index is 13.5. The number of hydrogen-bond donors (Lipinski definition) is 1. The molecule has 0 saturated heterocycles. The molecule has 18 heavy (non-hydrogen) atoms. The summed E-state index contributed by atoms with van der Waals surface area (Å²) in [5, 5.41) is 0. The van der Waals surface area contributed by atoms with Crippen LogP contribution in [0.4, 0.5) is 9.18 Å². The molecule has 2 N–H and O–H groups in total. The Hall–Kier alpha value is -1.05. The Kier molecular flexibility index (Phi) is 3.94. The van der Waals surface area contributed by atoms with Crippen molar-refractivity contribution in [3.8, 4) is 5.75 Å². The van der Waals surface area contributed by atoms with Gasteiger partial charge in [0.2, 0.25) is 0 Å². The summed E-state index contributed by atoms with van der Waals surface area (Å²) in [6, 6.07) is 2.78. The molecule has 1 aromatic rings. The number of amides is 1. The minimum atomic E-state index is -0.885. The second kappa shape index (κ2) is 5.29. The number of primary amides is 1. The molecule has 1 aromatic carbocycles. The van der Waals surface area contributed by atoms with Gasteiger partial charge in [-0.1, -0.05) is 22.6 Å². The van der Waals surface area contributed by atoms with Crippen molar-refractivity contribution in [3.63, 3.8) is 0 Å². The van der Waals surface area contributed by atoms with Gasteiger partial charge in [0.25, 0.3) is 0 Å². The summed E-state index contributed by atoms with van der Waals surface area (Å²) in [7, 11) is 0. The van der Waals surface area contributed by atoms with E-state index in [9.17, 15) is 9.18 Å². The molecule has 2 unspecified atom stereocenters. The van der Waals surface area contributed by atoms with Gasteiger partial charge in [0.1, 0.15) is 23.8 Å². The zero-order chi connectivity index (χ0) is 13.3. The Morgan fingerprint density at radius 1 is 1.72 bits per heavy atom. The summed E-state index contributed by atoms with van der Waals surface area (Å²) < 4.78 is 25.0. The van der Waals surface area contributed by atoms with Gasteiger partial charge in [-0.3, -0.25) is 0 Å². The molecule has 2 rings (SSSR count). The topological polar surface area (TPSA) is 61.5 Å². The average Bonchev–Trinajstić information content (AvgIpc) is 2.69. The van der Waals surface area contributed by atoms with Crippen LogP contribution in [0.25, 0.3) is 0 Å². The normalized spacial score (nSPS) is 18.9. The first-order valence-electron chi connectivity index (χ1n) is 5.52. The lowest BCUT2D eigenvalue weighted by atomic mass is 10.0. The molecule has 0 saturated carbocycles. The van der Waals surface area contributed by atoms with E-state index < -0.39 is 12.2 Å². The van der Waals surface area contributed by atoms with Crippen molar-refractivity contribution in [1.82, 2.24) is 0 Å². The Labute approximate surface area is 118 Å². The molecule has 2 atom stereocenters. The van der Waals surface area contributed by atoms with E-state index in [0.29, 0.717) is 17.7 Å². The molecule has 0 aliphatic carbocycles. The fourth-order valence-electron chi connectivity index (χ4n) is 2.05. The third-order valence-corrected chi connectivity index (χ3v) is 3.78. The lowest BCUT2D eigenvalue weighted by Crippen LogP contribution is -2.17. The third kappa shape index (κ3) is 2.68. The van der Waals surface area contributed by atoms with E-state index in [4.69, 9.17) is 15.2 Å². The van der Waals surface area contributed by atoms with E-state index in [1.54, 1.807) is 6.92 Å². The van der Waals surface area contributed by atoms with Crippen molar-refractivity contribution in [2.45, 2.75) is 25.6 Å². The molecule has 1 heterocycles. The zero-order valence-electron chi connectivity index (χ0n) is 9.78. The van der Waals surface area contributed by atoms with E-state index in [1.807, 2.05) is 0 Å². The van der Waals surface area contributed by atoms with Crippen molar-refractivity contribution in [1.29, 1.82) is 0 Å². The first kappa shape index (κ1) is 13.4. The summed E-state index contributed by atoms with van der Waals surface area (Å²) in [4.78, 5) is 10.8. The van der Waals surface area contributed by atoms with E-state index in [1.165, 1.54) is 12.1 Å². The van der Waals surface area contributed by atoms with Crippen LogP contribution < -0.4 is 10.5 Å². The largest absolute Gasteiger partial charge is 0.489 e. The van der Waals surface area contributed by atoms with Crippen LogP contribution in [-0.4, -0.2) is 16.6 Å². The van der Waals surface area contributed by atoms with Gasteiger partial charge >= 0.3 is 6.09 Å². The average molecular weight is 365 g/mol. The number of ether oxygens (including phenoxy) is 2. The highest BCUT2D eigenvalue weighted by atomic mass is 127. The van der Waals surface area contributed by atoms with E-state index in [2.05, 4.69) is 22.6 Å². The fourth-order valence-corrected chi connectivity index (χ4v) is 2.54. The molecule has 6 heteroatoms. The minimum absolute atomic E-state index is 0.0435. The molecule has 1 aliphatic heterocycles. The van der Waals surface area contributed by atoms with Crippen LogP contribution in [0.3, 0.4) is 0 Å². The summed E-state index contributed by atoms with van der Waals surface area (Å²) in [5.74, 6) is 0.258. The molecule has 1 amide bonds. The zero-order valence-corrected chi connectivity index (χ0v) is 11.9. The van der Waals surface area contributed by atoms with Crippen LogP contribution in [0.2, 0.25) is 0 Å². The van der Waals surface area contributed by atoms with Gasteiger partial charge in [-0.05, 0) is 19.1 Å². The molecule has 0 radical (unpaired) electrons. The summed E-state index contributed by atoms with van der Waals surface area (Å²) in [5.41, 5.74) is 6.31. The molecular weight excluding hydrogens is 352 g/mol. The van der Waals surface area contributed by atoms with Crippen LogP contribution in [0.5, 0.6) is 5.75 Å². The van der Waals surface area contributed by atoms with E-state index in [0.717, 1.165) is 9.99 Å². The van der Waals surface area contributed by atoms with Crippen molar-refractivity contribution in [3.05, 3.63) is 29.1 Å². The number of hydrogen-bond acceptors (Lipinski definition) is 3. The maximum Gasteiger partial charge on any atom is 0.405 e. The number of alkyl halides is 1. The molecule has 0 bridgehead atoms. The summed E-state index contributed by atoms with van der Waals surface area (Å²) in [6.45, 7) is 1.64. The van der Waals surface area contributed by atoms with E-state index in [-0.39, 0.29) is 11.9 Å². The minimum Gasteiger partial charge on any atom is -0.489 e. The quantitative estimate of drug-likeness (QED) is 0.662. The van der Waals surface area contributed by atoms with Gasteiger partial charge in [-0.15, -0.1) is 0 Å². The number of carbonyl (C=O) groups is 1. The first-order valence-corrected chi connectivity index (χ1v) is 7.05. The van der Waals surface area contributed by atoms with Gasteiger partial charge < -0.3 is 15.2 Å². The molecular formula is C12H13FINO3. The van der Waals surface area contributed by atoms with Gasteiger partial charge in [-0.2, -0.15) is 0 Å². The molecule has 1 aliphatic rings.